The van der Waals surface area contributed by atoms with Crippen molar-refractivity contribution in [3.05, 3.63) is 41.0 Å². The van der Waals surface area contributed by atoms with Gasteiger partial charge in [0.05, 0.1) is 11.2 Å². The molecule has 1 aromatic carbocycles. The van der Waals surface area contributed by atoms with E-state index in [9.17, 15) is 9.59 Å². The van der Waals surface area contributed by atoms with E-state index >= 15 is 0 Å². The third-order valence-corrected chi connectivity index (χ3v) is 5.55. The summed E-state index contributed by atoms with van der Waals surface area (Å²) in [5.74, 6) is -0.201. The Morgan fingerprint density at radius 2 is 2.04 bits per heavy atom. The number of carbonyl (C=O) groups excluding carboxylic acids is 2. The molecule has 0 bridgehead atoms. The Morgan fingerprint density at radius 1 is 1.27 bits per heavy atom. The number of aromatic amines is 1. The number of nitrogens with zero attached hydrogens (tertiary/aromatic N) is 3. The van der Waals surface area contributed by atoms with E-state index in [1.807, 2.05) is 36.6 Å². The van der Waals surface area contributed by atoms with Crippen LogP contribution in [-0.2, 0) is 4.79 Å². The number of piperidine rings is 1. The third kappa shape index (κ3) is 3.20. The van der Waals surface area contributed by atoms with Crippen LogP contribution < -0.4 is 5.32 Å². The van der Waals surface area contributed by atoms with E-state index in [4.69, 9.17) is 0 Å². The van der Waals surface area contributed by atoms with Crippen molar-refractivity contribution in [3.63, 3.8) is 0 Å². The number of amides is 2. The highest BCUT2D eigenvalue weighted by atomic mass is 32.1. The second-order valence-corrected chi connectivity index (χ2v) is 7.33. The number of nitrogens with one attached hydrogen (secondary N) is 2. The molecule has 3 aromatic rings. The SMILES string of the molecule is Cc1csc(NC(=O)C2CCN(C(=O)c3n[nH]c4ccccc34)CC2)n1. The molecule has 3 heterocycles. The summed E-state index contributed by atoms with van der Waals surface area (Å²) in [6, 6.07) is 7.59. The van der Waals surface area contributed by atoms with Gasteiger partial charge in [-0.3, -0.25) is 14.7 Å². The zero-order valence-electron chi connectivity index (χ0n) is 14.4. The molecule has 0 unspecified atom stereocenters. The average Bonchev–Trinajstić information content (AvgIpc) is 3.27. The van der Waals surface area contributed by atoms with Crippen LogP contribution in [0.5, 0.6) is 0 Å². The minimum atomic E-state index is -0.0980. The van der Waals surface area contributed by atoms with Gasteiger partial charge in [0.1, 0.15) is 0 Å². The molecule has 26 heavy (non-hydrogen) atoms. The maximum Gasteiger partial charge on any atom is 0.274 e. The van der Waals surface area contributed by atoms with Crippen molar-refractivity contribution in [2.24, 2.45) is 5.92 Å². The zero-order valence-corrected chi connectivity index (χ0v) is 15.2. The summed E-state index contributed by atoms with van der Waals surface area (Å²) in [6.07, 6.45) is 1.29. The smallest absolute Gasteiger partial charge is 0.274 e. The zero-order chi connectivity index (χ0) is 18.1. The Hall–Kier alpha value is -2.74. The molecule has 0 saturated carbocycles. The number of fused-ring (bicyclic) bond motifs is 1. The van der Waals surface area contributed by atoms with Gasteiger partial charge in [-0.1, -0.05) is 18.2 Å². The quantitative estimate of drug-likeness (QED) is 0.743. The highest BCUT2D eigenvalue weighted by molar-refractivity contribution is 7.13. The maximum atomic E-state index is 12.8. The maximum absolute atomic E-state index is 12.8. The molecule has 1 saturated heterocycles. The highest BCUT2D eigenvalue weighted by Gasteiger charge is 2.29. The first-order valence-corrected chi connectivity index (χ1v) is 9.45. The molecule has 2 N–H and O–H groups in total. The molecule has 1 aliphatic rings. The van der Waals surface area contributed by atoms with Gasteiger partial charge in [0.15, 0.2) is 10.8 Å². The van der Waals surface area contributed by atoms with Gasteiger partial charge in [0, 0.05) is 29.8 Å². The number of aryl methyl sites for hydroxylation is 1. The number of H-pyrrole nitrogens is 1. The molecule has 0 radical (unpaired) electrons. The van der Waals surface area contributed by atoms with E-state index < -0.39 is 0 Å². The van der Waals surface area contributed by atoms with Crippen molar-refractivity contribution in [2.45, 2.75) is 19.8 Å². The van der Waals surface area contributed by atoms with E-state index in [0.717, 1.165) is 16.6 Å². The first-order valence-electron chi connectivity index (χ1n) is 8.57. The summed E-state index contributed by atoms with van der Waals surface area (Å²) >= 11 is 1.43. The number of carbonyl (C=O) groups is 2. The Kier molecular flexibility index (Phi) is 4.42. The first kappa shape index (κ1) is 16.7. The Labute approximate surface area is 154 Å². The molecule has 0 atom stereocenters. The summed E-state index contributed by atoms with van der Waals surface area (Å²) in [5.41, 5.74) is 2.20. The summed E-state index contributed by atoms with van der Waals surface area (Å²) in [4.78, 5) is 31.2. The van der Waals surface area contributed by atoms with Gasteiger partial charge in [-0.05, 0) is 25.8 Å². The number of benzene rings is 1. The molecular formula is C18H19N5O2S. The lowest BCUT2D eigenvalue weighted by atomic mass is 9.95. The number of thiazole rings is 1. The lowest BCUT2D eigenvalue weighted by molar-refractivity contribution is -0.121. The molecular weight excluding hydrogens is 350 g/mol. The van der Waals surface area contributed by atoms with Crippen molar-refractivity contribution in [3.8, 4) is 0 Å². The van der Waals surface area contributed by atoms with Gasteiger partial charge in [0.25, 0.3) is 5.91 Å². The van der Waals surface area contributed by atoms with Crippen molar-refractivity contribution in [2.75, 3.05) is 18.4 Å². The van der Waals surface area contributed by atoms with Crippen molar-refractivity contribution in [1.82, 2.24) is 20.1 Å². The van der Waals surface area contributed by atoms with E-state index in [-0.39, 0.29) is 17.7 Å². The van der Waals surface area contributed by atoms with Crippen molar-refractivity contribution in [1.29, 1.82) is 0 Å². The normalized spacial score (nSPS) is 15.3. The Morgan fingerprint density at radius 3 is 2.77 bits per heavy atom. The lowest BCUT2D eigenvalue weighted by Crippen LogP contribution is -2.41. The van der Waals surface area contributed by atoms with Crippen LogP contribution >= 0.6 is 11.3 Å². The highest BCUT2D eigenvalue weighted by Crippen LogP contribution is 2.24. The summed E-state index contributed by atoms with van der Waals surface area (Å²) in [5, 5.41) is 13.3. The number of para-hydroxylation sites is 1. The third-order valence-electron chi connectivity index (χ3n) is 4.68. The fraction of sp³-hybridized carbons (Fsp3) is 0.333. The molecule has 2 aromatic heterocycles. The molecule has 0 aliphatic carbocycles. The molecule has 1 aliphatic heterocycles. The van der Waals surface area contributed by atoms with E-state index in [0.29, 0.717) is 36.8 Å². The summed E-state index contributed by atoms with van der Waals surface area (Å²) in [7, 11) is 0. The Bertz CT molecular complexity index is 955. The monoisotopic (exact) mass is 369 g/mol. The van der Waals surface area contributed by atoms with Crippen LogP contribution in [0.15, 0.2) is 29.6 Å². The van der Waals surface area contributed by atoms with Crippen LogP contribution in [0.1, 0.15) is 29.0 Å². The molecule has 0 spiro atoms. The number of hydrogen-bond acceptors (Lipinski definition) is 5. The number of aromatic nitrogens is 3. The molecule has 134 valence electrons. The first-order chi connectivity index (χ1) is 12.6. The second-order valence-electron chi connectivity index (χ2n) is 6.47. The predicted octanol–water partition coefficient (Wildman–Crippen LogP) is 2.82. The van der Waals surface area contributed by atoms with Gasteiger partial charge in [0.2, 0.25) is 5.91 Å². The topological polar surface area (TPSA) is 91.0 Å². The van der Waals surface area contributed by atoms with Crippen LogP contribution in [0.4, 0.5) is 5.13 Å². The summed E-state index contributed by atoms with van der Waals surface area (Å²) < 4.78 is 0. The fourth-order valence-electron chi connectivity index (χ4n) is 3.24. The molecule has 7 nitrogen and oxygen atoms in total. The minimum absolute atomic E-state index is 0.0170. The molecule has 2 amide bonds. The fourth-order valence-corrected chi connectivity index (χ4v) is 3.93. The average molecular weight is 369 g/mol. The minimum Gasteiger partial charge on any atom is -0.337 e. The standard InChI is InChI=1S/C18H19N5O2S/c1-11-10-26-18(19-11)20-16(24)12-6-8-23(9-7-12)17(25)15-13-4-2-3-5-14(13)21-22-15/h2-5,10,12H,6-9H2,1H3,(H,21,22)(H,19,20,24). The van der Waals surface area contributed by atoms with Gasteiger partial charge in [-0.25, -0.2) is 4.98 Å². The number of likely N-dealkylation sites (tertiary alicyclic amines) is 1. The summed E-state index contributed by atoms with van der Waals surface area (Å²) in [6.45, 7) is 3.00. The van der Waals surface area contributed by atoms with Crippen LogP contribution in [-0.4, -0.2) is 45.0 Å². The van der Waals surface area contributed by atoms with E-state index in [2.05, 4.69) is 20.5 Å². The van der Waals surface area contributed by atoms with E-state index in [1.165, 1.54) is 11.3 Å². The molecule has 8 heteroatoms. The molecule has 4 rings (SSSR count). The second kappa shape index (κ2) is 6.87. The van der Waals surface area contributed by atoms with Crippen LogP contribution in [0.3, 0.4) is 0 Å². The van der Waals surface area contributed by atoms with Gasteiger partial charge >= 0.3 is 0 Å². The van der Waals surface area contributed by atoms with Gasteiger partial charge < -0.3 is 10.2 Å². The number of rotatable bonds is 3. The van der Waals surface area contributed by atoms with Crippen LogP contribution in [0.2, 0.25) is 0 Å². The van der Waals surface area contributed by atoms with Gasteiger partial charge in [-0.15, -0.1) is 11.3 Å². The molecule has 1 fully saturated rings. The number of hydrogen-bond donors (Lipinski definition) is 2. The number of anilines is 1. The van der Waals surface area contributed by atoms with Gasteiger partial charge in [-0.2, -0.15) is 5.10 Å². The Balaban J connectivity index is 1.38. The lowest BCUT2D eigenvalue weighted by Gasteiger charge is -2.30. The largest absolute Gasteiger partial charge is 0.337 e. The van der Waals surface area contributed by atoms with Crippen LogP contribution in [0, 0.1) is 12.8 Å². The predicted molar refractivity (Wildman–Crippen MR) is 100 cm³/mol. The van der Waals surface area contributed by atoms with Crippen molar-refractivity contribution < 1.29 is 9.59 Å². The van der Waals surface area contributed by atoms with Crippen LogP contribution in [0.25, 0.3) is 10.9 Å². The van der Waals surface area contributed by atoms with Crippen molar-refractivity contribution >= 4 is 39.2 Å². The van der Waals surface area contributed by atoms with E-state index in [1.54, 1.807) is 4.90 Å².